The van der Waals surface area contributed by atoms with Gasteiger partial charge in [-0.1, -0.05) is 34.8 Å². The topological polar surface area (TPSA) is 0 Å². The van der Waals surface area contributed by atoms with Gasteiger partial charge < -0.3 is 0 Å². The van der Waals surface area contributed by atoms with Gasteiger partial charge in [-0.15, -0.1) is 33.2 Å². The van der Waals surface area contributed by atoms with Gasteiger partial charge in [0.2, 0.25) is 0 Å². The summed E-state index contributed by atoms with van der Waals surface area (Å²) in [5.41, 5.74) is -2.46. The summed E-state index contributed by atoms with van der Waals surface area (Å²) < 4.78 is -1.23. The van der Waals surface area contributed by atoms with Crippen LogP contribution in [0.4, 0.5) is 0 Å². The van der Waals surface area contributed by atoms with E-state index in [0.717, 1.165) is 0 Å². The molecular weight excluding hydrogens is 293 g/mol. The zero-order chi connectivity index (χ0) is 8.41. The summed E-state index contributed by atoms with van der Waals surface area (Å²) in [4.78, 5) is 0. The van der Waals surface area contributed by atoms with Gasteiger partial charge in [0.15, 0.2) is 3.79 Å². The van der Waals surface area contributed by atoms with Crippen molar-refractivity contribution in [3.63, 3.8) is 0 Å². The zero-order valence-electron chi connectivity index (χ0n) is 4.68. The van der Waals surface area contributed by atoms with Crippen LogP contribution in [0.1, 0.15) is 0 Å². The Morgan fingerprint density at radius 2 is 1.50 bits per heavy atom. The lowest BCUT2D eigenvalue weighted by Gasteiger charge is -2.12. The maximum atomic E-state index is 5.59. The summed E-state index contributed by atoms with van der Waals surface area (Å²) >= 11 is 33.1. The molecule has 0 atom stereocenters. The first-order valence-corrected chi connectivity index (χ1v) is 11.8. The van der Waals surface area contributed by atoms with Gasteiger partial charge in [-0.25, -0.2) is 0 Å². The highest BCUT2D eigenvalue weighted by molar-refractivity contribution is 7.82. The van der Waals surface area contributed by atoms with Crippen LogP contribution in [-0.2, 0) is 0 Å². The minimum absolute atomic E-state index is 0.431. The van der Waals surface area contributed by atoms with Crippen molar-refractivity contribution >= 4 is 82.6 Å². The Hall–Kier alpha value is 2.17. The first-order chi connectivity index (χ1) is 4.21. The largest absolute Gasteiger partial charge is 0.317 e. The van der Waals surface area contributed by atoms with Crippen LogP contribution < -0.4 is 0 Å². The third kappa shape index (κ3) is 10.2. The quantitative estimate of drug-likeness (QED) is 0.417. The molecule has 0 N–H and O–H groups in total. The van der Waals surface area contributed by atoms with Crippen LogP contribution in [0, 0.1) is 0 Å². The van der Waals surface area contributed by atoms with Gasteiger partial charge in [0, 0.05) is 0 Å². The molecule has 0 aliphatic carbocycles. The first-order valence-electron chi connectivity index (χ1n) is 2.34. The first kappa shape index (κ1) is 12.2. The smallest absolute Gasteiger partial charge is 0.130 e. The number of rotatable bonds is 2. The molecule has 62 valence electrons. The van der Waals surface area contributed by atoms with E-state index in [0.29, 0.717) is 6.04 Å². The molecule has 8 heteroatoms. The predicted octanol–water partition coefficient (Wildman–Crippen LogP) is 3.10. The Labute approximate surface area is 91.8 Å². The third-order valence-electron chi connectivity index (χ3n) is 0.692. The molecule has 0 nitrogen and oxygen atoms in total. The lowest BCUT2D eigenvalue weighted by atomic mass is 10.9. The Bertz CT molecular complexity index is 87.3. The second-order valence-corrected chi connectivity index (χ2v) is 22.7. The summed E-state index contributed by atoms with van der Waals surface area (Å²) in [6.45, 7) is 0. The average molecular weight is 297 g/mol. The van der Waals surface area contributed by atoms with E-state index < -0.39 is 18.4 Å². The van der Waals surface area contributed by atoms with Crippen LogP contribution in [0.5, 0.6) is 0 Å². The highest BCUT2D eigenvalue weighted by Gasteiger charge is 2.30. The summed E-state index contributed by atoms with van der Waals surface area (Å²) in [6, 6.07) is 0.431. The third-order valence-corrected chi connectivity index (χ3v) is 11.3. The van der Waals surface area contributed by atoms with Gasteiger partial charge >= 0.3 is 5.52 Å². The van der Waals surface area contributed by atoms with Gasteiger partial charge in [-0.2, -0.15) is 0 Å². The summed E-state index contributed by atoms with van der Waals surface area (Å²) in [7, 11) is -0.815. The van der Waals surface area contributed by atoms with Gasteiger partial charge in [0.25, 0.3) is 0 Å². The normalized spacial score (nSPS) is 15.0. The summed E-state index contributed by atoms with van der Waals surface area (Å²) in [5, 5.41) is 0. The lowest BCUT2D eigenvalue weighted by molar-refractivity contribution is 1.25. The van der Waals surface area contributed by atoms with E-state index in [9.17, 15) is 0 Å². The van der Waals surface area contributed by atoms with E-state index in [2.05, 4.69) is 0 Å². The van der Waals surface area contributed by atoms with Crippen LogP contribution in [0.3, 0.4) is 0 Å². The van der Waals surface area contributed by atoms with Crippen molar-refractivity contribution in [1.29, 1.82) is 0 Å². The lowest BCUT2D eigenvalue weighted by Crippen LogP contribution is -2.24. The van der Waals surface area contributed by atoms with Crippen LogP contribution >= 0.6 is 68.0 Å². The van der Waals surface area contributed by atoms with Crippen molar-refractivity contribution in [2.24, 2.45) is 0 Å². The molecule has 0 aromatic rings. The van der Waals surface area contributed by atoms with Crippen molar-refractivity contribution in [1.82, 2.24) is 0 Å². The van der Waals surface area contributed by atoms with E-state index in [4.69, 9.17) is 68.0 Å². The molecule has 0 bridgehead atoms. The van der Waals surface area contributed by atoms with Gasteiger partial charge in [-0.3, -0.25) is 0 Å². The summed E-state index contributed by atoms with van der Waals surface area (Å²) in [5.74, 6) is 0. The fourth-order valence-corrected chi connectivity index (χ4v) is 7.65. The molecule has 0 aromatic carbocycles. The Balaban J connectivity index is 3.56. The van der Waals surface area contributed by atoms with Crippen molar-refractivity contribution in [3.05, 3.63) is 0 Å². The van der Waals surface area contributed by atoms with Crippen LogP contribution in [0.2, 0.25) is 6.04 Å². The standard InChI is InChI=1S/C2H4Cl6Si2/c3-2(4,5)1-9-10(6,7)8/h1,9H2. The molecule has 10 heavy (non-hydrogen) atoms. The van der Waals surface area contributed by atoms with Crippen molar-refractivity contribution in [2.45, 2.75) is 9.84 Å². The highest BCUT2D eigenvalue weighted by Crippen LogP contribution is 2.33. The monoisotopic (exact) mass is 294 g/mol. The van der Waals surface area contributed by atoms with E-state index in [-0.39, 0.29) is 0 Å². The van der Waals surface area contributed by atoms with E-state index in [1.165, 1.54) is 0 Å². The van der Waals surface area contributed by atoms with Crippen molar-refractivity contribution in [2.75, 3.05) is 0 Å². The van der Waals surface area contributed by atoms with Gasteiger partial charge in [0.1, 0.15) is 0 Å². The fourth-order valence-electron chi connectivity index (χ4n) is 0.283. The predicted molar refractivity (Wildman–Crippen MR) is 57.0 cm³/mol. The van der Waals surface area contributed by atoms with Crippen LogP contribution in [0.25, 0.3) is 0 Å². The van der Waals surface area contributed by atoms with Gasteiger partial charge in [-0.05, 0) is 6.04 Å². The Morgan fingerprint density at radius 3 is 1.60 bits per heavy atom. The van der Waals surface area contributed by atoms with Crippen LogP contribution in [-0.4, -0.2) is 18.4 Å². The molecule has 0 amide bonds. The second-order valence-electron chi connectivity index (χ2n) is 1.73. The Kier molecular flexibility index (Phi) is 5.38. The van der Waals surface area contributed by atoms with E-state index in [1.54, 1.807) is 0 Å². The minimum Gasteiger partial charge on any atom is -0.130 e. The van der Waals surface area contributed by atoms with E-state index in [1.807, 2.05) is 0 Å². The molecule has 0 aliphatic rings. The molecule has 0 unspecified atom stereocenters. The van der Waals surface area contributed by atoms with Crippen molar-refractivity contribution in [3.8, 4) is 0 Å². The number of hydrogen-bond acceptors (Lipinski definition) is 0. The molecule has 0 fully saturated rings. The average Bonchev–Trinajstić information content (AvgIpc) is 1.57. The highest BCUT2D eigenvalue weighted by atomic mass is 35.8. The number of hydrogen-bond donors (Lipinski definition) is 0. The Morgan fingerprint density at radius 1 is 1.10 bits per heavy atom. The molecule has 0 radical (unpaired) electrons. The molecule has 0 heterocycles. The SMILES string of the molecule is ClC(Cl)(Cl)C[SiH2][Si](Cl)(Cl)Cl. The molecule has 0 aliphatic heterocycles. The summed E-state index contributed by atoms with van der Waals surface area (Å²) in [6.07, 6.45) is 0. The van der Waals surface area contributed by atoms with Crippen molar-refractivity contribution < 1.29 is 0 Å². The molecular formula is C2H4Cl6Si2. The number of halogens is 6. The molecule has 0 spiro atoms. The number of alkyl halides is 3. The zero-order valence-corrected chi connectivity index (χ0v) is 11.6. The maximum Gasteiger partial charge on any atom is 0.317 e. The van der Waals surface area contributed by atoms with Crippen LogP contribution in [0.15, 0.2) is 0 Å². The molecule has 0 saturated carbocycles. The van der Waals surface area contributed by atoms with Gasteiger partial charge in [0.05, 0.1) is 9.04 Å². The fraction of sp³-hybridized carbons (Fsp3) is 1.00. The molecule has 0 saturated heterocycles. The molecule has 0 aromatic heterocycles. The second kappa shape index (κ2) is 4.42. The maximum absolute atomic E-state index is 5.59. The van der Waals surface area contributed by atoms with E-state index >= 15 is 0 Å². The minimum atomic E-state index is -2.46. The molecule has 0 rings (SSSR count).